The van der Waals surface area contributed by atoms with Crippen molar-refractivity contribution in [1.29, 1.82) is 0 Å². The minimum Gasteiger partial charge on any atom is -0.468 e. The normalized spacial score (nSPS) is 17.1. The van der Waals surface area contributed by atoms with E-state index in [0.29, 0.717) is 28.7 Å². The number of allylic oxidation sites excluding steroid dienone is 4. The molecule has 0 N–H and O–H groups in total. The Hall–Kier alpha value is -2.88. The molecule has 1 aromatic heterocycles. The van der Waals surface area contributed by atoms with Gasteiger partial charge in [0.25, 0.3) is 5.56 Å². The maximum atomic E-state index is 13.9. The second-order valence-electron chi connectivity index (χ2n) is 9.56. The quantitative estimate of drug-likeness (QED) is 0.482. The number of hydrogen-bond donors (Lipinski definition) is 0. The van der Waals surface area contributed by atoms with Crippen LogP contribution in [0.15, 0.2) is 45.2 Å². The van der Waals surface area contributed by atoms with Gasteiger partial charge in [0.15, 0.2) is 0 Å². The molecule has 0 spiro atoms. The van der Waals surface area contributed by atoms with Crippen molar-refractivity contribution in [3.05, 3.63) is 67.6 Å². The van der Waals surface area contributed by atoms with Crippen molar-refractivity contribution < 1.29 is 22.7 Å². The molecule has 1 aliphatic carbocycles. The molecule has 35 heavy (non-hydrogen) atoms. The first-order valence-corrected chi connectivity index (χ1v) is 11.9. The Bertz CT molecular complexity index is 1330. The van der Waals surface area contributed by atoms with Gasteiger partial charge in [-0.15, -0.1) is 0 Å². The van der Waals surface area contributed by atoms with Crippen LogP contribution in [0.5, 0.6) is 0 Å². The Kier molecular flexibility index (Phi) is 6.46. The lowest BCUT2D eigenvalue weighted by Crippen LogP contribution is -2.35. The predicted molar refractivity (Wildman–Crippen MR) is 131 cm³/mol. The highest BCUT2D eigenvalue weighted by Gasteiger charge is 2.37. The standard InChI is InChI=1S/C25H25BrF3N3O3/c1-14-9-15(12-24(2,3)11-14)21-17-7-8-31(13-20(33)35-4)22(17)23(34)32(30-21)19-10-16(26)5-6-18(19)25(27,28)29/h5-6,9-10,12H,7-8,11,13H2,1-4H3. The highest BCUT2D eigenvalue weighted by Crippen LogP contribution is 2.40. The van der Waals surface area contributed by atoms with Gasteiger partial charge in [0.05, 0.1) is 24.1 Å². The van der Waals surface area contributed by atoms with Gasteiger partial charge in [-0.25, -0.2) is 0 Å². The Morgan fingerprint density at radius 3 is 2.63 bits per heavy atom. The number of halogens is 4. The topological polar surface area (TPSA) is 64.4 Å². The van der Waals surface area contributed by atoms with Gasteiger partial charge >= 0.3 is 12.1 Å². The number of ether oxygens (including phenoxy) is 1. The lowest BCUT2D eigenvalue weighted by Gasteiger charge is -2.27. The van der Waals surface area contributed by atoms with Gasteiger partial charge in [0, 0.05) is 16.6 Å². The van der Waals surface area contributed by atoms with Gasteiger partial charge in [0.1, 0.15) is 12.2 Å². The average Bonchev–Trinajstić information content (AvgIpc) is 3.15. The van der Waals surface area contributed by atoms with Crippen molar-refractivity contribution in [2.45, 2.75) is 39.8 Å². The van der Waals surface area contributed by atoms with Crippen LogP contribution < -0.4 is 10.5 Å². The van der Waals surface area contributed by atoms with Crippen molar-refractivity contribution in [1.82, 2.24) is 9.78 Å². The largest absolute Gasteiger partial charge is 0.468 e. The van der Waals surface area contributed by atoms with E-state index >= 15 is 0 Å². The van der Waals surface area contributed by atoms with Crippen molar-refractivity contribution in [2.75, 3.05) is 25.1 Å². The zero-order chi connectivity index (χ0) is 25.7. The molecule has 2 aliphatic rings. The number of nitrogens with zero attached hydrogens (tertiary/aromatic N) is 3. The van der Waals surface area contributed by atoms with Gasteiger partial charge in [-0.3, -0.25) is 9.59 Å². The van der Waals surface area contributed by atoms with E-state index in [1.54, 1.807) is 4.90 Å². The summed E-state index contributed by atoms with van der Waals surface area (Å²) in [5.74, 6) is -0.547. The Labute approximate surface area is 209 Å². The summed E-state index contributed by atoms with van der Waals surface area (Å²) in [6, 6.07) is 3.42. The fourth-order valence-corrected chi connectivity index (χ4v) is 5.20. The summed E-state index contributed by atoms with van der Waals surface area (Å²) < 4.78 is 47.7. The molecule has 0 amide bonds. The number of esters is 1. The fourth-order valence-electron chi connectivity index (χ4n) is 4.85. The van der Waals surface area contributed by atoms with Gasteiger partial charge in [-0.1, -0.05) is 47.5 Å². The first-order valence-electron chi connectivity index (χ1n) is 11.1. The van der Waals surface area contributed by atoms with Gasteiger partial charge in [-0.2, -0.15) is 23.0 Å². The molecule has 0 radical (unpaired) electrons. The van der Waals surface area contributed by atoms with Crippen molar-refractivity contribution in [3.8, 4) is 5.69 Å². The first kappa shape index (κ1) is 25.2. The number of methoxy groups -OCH3 is 1. The second kappa shape index (κ2) is 8.96. The third kappa shape index (κ3) is 4.94. The van der Waals surface area contributed by atoms with Crippen molar-refractivity contribution in [2.24, 2.45) is 5.41 Å². The highest BCUT2D eigenvalue weighted by molar-refractivity contribution is 9.10. The third-order valence-electron chi connectivity index (χ3n) is 6.11. The van der Waals surface area contributed by atoms with E-state index < -0.39 is 23.3 Å². The molecule has 0 unspecified atom stereocenters. The maximum absolute atomic E-state index is 13.9. The lowest BCUT2D eigenvalue weighted by molar-refractivity contribution is -0.139. The summed E-state index contributed by atoms with van der Waals surface area (Å²) in [5, 5.41) is 4.51. The molecule has 10 heteroatoms. The van der Waals surface area contributed by atoms with Crippen molar-refractivity contribution in [3.63, 3.8) is 0 Å². The zero-order valence-corrected chi connectivity index (χ0v) is 21.4. The molecule has 0 bridgehead atoms. The van der Waals surface area contributed by atoms with E-state index in [1.165, 1.54) is 19.2 Å². The number of benzene rings is 1. The molecule has 1 aliphatic heterocycles. The predicted octanol–water partition coefficient (Wildman–Crippen LogP) is 5.31. The summed E-state index contributed by atoms with van der Waals surface area (Å²) >= 11 is 3.22. The lowest BCUT2D eigenvalue weighted by atomic mass is 9.79. The second-order valence-corrected chi connectivity index (χ2v) is 10.5. The molecule has 2 heterocycles. The Balaban J connectivity index is 2.04. The van der Waals surface area contributed by atoms with E-state index in [4.69, 9.17) is 4.74 Å². The van der Waals surface area contributed by atoms with Crippen LogP contribution in [0, 0.1) is 5.41 Å². The van der Waals surface area contributed by atoms with E-state index in [9.17, 15) is 22.8 Å². The summed E-state index contributed by atoms with van der Waals surface area (Å²) in [5.41, 5.74) is 0.787. The minimum atomic E-state index is -4.70. The van der Waals surface area contributed by atoms with Crippen LogP contribution in [0.4, 0.5) is 18.9 Å². The first-order chi connectivity index (χ1) is 16.3. The number of hydrogen-bond acceptors (Lipinski definition) is 5. The molecule has 0 saturated heterocycles. The summed E-state index contributed by atoms with van der Waals surface area (Å²) in [6.07, 6.45) is 0.546. The van der Waals surface area contributed by atoms with Crippen LogP contribution in [0.2, 0.25) is 0 Å². The molecular weight excluding hydrogens is 527 g/mol. The highest BCUT2D eigenvalue weighted by atomic mass is 79.9. The molecule has 0 saturated carbocycles. The third-order valence-corrected chi connectivity index (χ3v) is 6.60. The van der Waals surface area contributed by atoms with E-state index in [2.05, 4.69) is 34.9 Å². The number of anilines is 1. The molecule has 6 nitrogen and oxygen atoms in total. The fraction of sp³-hybridized carbons (Fsp3) is 0.400. The van der Waals surface area contributed by atoms with Crippen LogP contribution in [0.1, 0.15) is 44.0 Å². The summed E-state index contributed by atoms with van der Waals surface area (Å²) in [7, 11) is 1.25. The summed E-state index contributed by atoms with van der Waals surface area (Å²) in [4.78, 5) is 27.2. The van der Waals surface area contributed by atoms with E-state index in [1.807, 2.05) is 19.1 Å². The number of rotatable bonds is 4. The van der Waals surface area contributed by atoms with Crippen LogP contribution in [-0.2, 0) is 22.1 Å². The average molecular weight is 552 g/mol. The smallest absolute Gasteiger partial charge is 0.418 e. The van der Waals surface area contributed by atoms with Crippen molar-refractivity contribution >= 4 is 33.2 Å². The number of carbonyl (C=O) groups excluding carboxylic acids is 1. The number of carbonyl (C=O) groups is 1. The van der Waals surface area contributed by atoms with Crippen LogP contribution in [-0.4, -0.2) is 35.9 Å². The molecule has 4 rings (SSSR count). The summed E-state index contributed by atoms with van der Waals surface area (Å²) in [6.45, 7) is 6.29. The molecule has 1 aromatic carbocycles. The molecule has 186 valence electrons. The maximum Gasteiger partial charge on any atom is 0.418 e. The number of alkyl halides is 3. The van der Waals surface area contributed by atoms with Gasteiger partial charge in [0.2, 0.25) is 0 Å². The molecular formula is C25H25BrF3N3O3. The molecule has 0 atom stereocenters. The van der Waals surface area contributed by atoms with E-state index in [-0.39, 0.29) is 23.3 Å². The van der Waals surface area contributed by atoms with E-state index in [0.717, 1.165) is 28.3 Å². The Morgan fingerprint density at radius 1 is 1.29 bits per heavy atom. The molecule has 0 fully saturated rings. The van der Waals surface area contributed by atoms with Crippen LogP contribution in [0.25, 0.3) is 11.3 Å². The monoisotopic (exact) mass is 551 g/mol. The SMILES string of the molecule is COC(=O)CN1CCc2c(C3=CC(C)(C)CC(C)=C3)nn(-c3cc(Br)ccc3C(F)(F)F)c(=O)c21. The zero-order valence-electron chi connectivity index (χ0n) is 19.8. The Morgan fingerprint density at radius 2 is 2.00 bits per heavy atom. The van der Waals surface area contributed by atoms with Crippen LogP contribution >= 0.6 is 15.9 Å². The van der Waals surface area contributed by atoms with Gasteiger partial charge < -0.3 is 9.64 Å². The minimum absolute atomic E-state index is 0.170. The molecule has 2 aromatic rings. The number of aromatic nitrogens is 2. The van der Waals surface area contributed by atoms with Crippen LogP contribution in [0.3, 0.4) is 0 Å². The number of fused-ring (bicyclic) bond motifs is 1. The van der Waals surface area contributed by atoms with Gasteiger partial charge in [-0.05, 0) is 49.0 Å².